The van der Waals surface area contributed by atoms with E-state index in [2.05, 4.69) is 0 Å². The fourth-order valence-electron chi connectivity index (χ4n) is 2.53. The van der Waals surface area contributed by atoms with Gasteiger partial charge in [-0.15, -0.1) is 0 Å². The molecule has 0 amide bonds. The number of nitro groups is 1. The SMILES string of the molecule is O=C(O)C(c1ccc(Cl)c([N+](=O)[O-])c1)N1CCCCC1. The Balaban J connectivity index is 2.36. The molecule has 1 atom stereocenters. The zero-order valence-electron chi connectivity index (χ0n) is 10.8. The summed E-state index contributed by atoms with van der Waals surface area (Å²) in [5.41, 5.74) is 0.142. The molecule has 1 aliphatic rings. The van der Waals surface area contributed by atoms with Gasteiger partial charge in [-0.05, 0) is 37.6 Å². The molecule has 1 unspecified atom stereocenters. The van der Waals surface area contributed by atoms with E-state index in [-0.39, 0.29) is 10.7 Å². The lowest BCUT2D eigenvalue weighted by Crippen LogP contribution is -2.37. The van der Waals surface area contributed by atoms with E-state index in [4.69, 9.17) is 11.6 Å². The van der Waals surface area contributed by atoms with Crippen LogP contribution in [0.15, 0.2) is 18.2 Å². The van der Waals surface area contributed by atoms with Gasteiger partial charge in [-0.1, -0.05) is 24.1 Å². The number of nitrogens with zero attached hydrogens (tertiary/aromatic N) is 2. The molecular formula is C13H15ClN2O4. The molecule has 1 heterocycles. The Morgan fingerprint density at radius 1 is 1.35 bits per heavy atom. The summed E-state index contributed by atoms with van der Waals surface area (Å²) in [7, 11) is 0. The van der Waals surface area contributed by atoms with E-state index >= 15 is 0 Å². The molecule has 108 valence electrons. The smallest absolute Gasteiger partial charge is 0.325 e. The summed E-state index contributed by atoms with van der Waals surface area (Å²) in [4.78, 5) is 23.7. The Morgan fingerprint density at radius 2 is 2.00 bits per heavy atom. The monoisotopic (exact) mass is 298 g/mol. The van der Waals surface area contributed by atoms with Crippen molar-refractivity contribution in [3.63, 3.8) is 0 Å². The van der Waals surface area contributed by atoms with Crippen LogP contribution in [0.5, 0.6) is 0 Å². The van der Waals surface area contributed by atoms with Crippen LogP contribution in [0.1, 0.15) is 30.9 Å². The van der Waals surface area contributed by atoms with Gasteiger partial charge < -0.3 is 5.11 Å². The van der Waals surface area contributed by atoms with Gasteiger partial charge in [-0.2, -0.15) is 0 Å². The lowest BCUT2D eigenvalue weighted by Gasteiger charge is -2.32. The lowest BCUT2D eigenvalue weighted by molar-refractivity contribution is -0.384. The minimum atomic E-state index is -0.997. The minimum Gasteiger partial charge on any atom is -0.480 e. The second kappa shape index (κ2) is 6.19. The van der Waals surface area contributed by atoms with E-state index in [1.807, 2.05) is 4.90 Å². The zero-order chi connectivity index (χ0) is 14.7. The van der Waals surface area contributed by atoms with Crippen molar-refractivity contribution in [1.29, 1.82) is 0 Å². The summed E-state index contributed by atoms with van der Waals surface area (Å²) in [5.74, 6) is -0.997. The second-order valence-corrected chi connectivity index (χ2v) is 5.21. The fraction of sp³-hybridized carbons (Fsp3) is 0.462. The Morgan fingerprint density at radius 3 is 2.55 bits per heavy atom. The third-order valence-corrected chi connectivity index (χ3v) is 3.79. The van der Waals surface area contributed by atoms with Crippen LogP contribution in [0.25, 0.3) is 0 Å². The van der Waals surface area contributed by atoms with Crippen LogP contribution in [0.4, 0.5) is 5.69 Å². The van der Waals surface area contributed by atoms with E-state index < -0.39 is 16.9 Å². The van der Waals surface area contributed by atoms with Crippen LogP contribution in [-0.4, -0.2) is 34.0 Å². The predicted molar refractivity (Wildman–Crippen MR) is 73.9 cm³/mol. The van der Waals surface area contributed by atoms with Crippen molar-refractivity contribution in [3.8, 4) is 0 Å². The normalized spacial score (nSPS) is 17.6. The number of rotatable bonds is 4. The molecule has 0 spiro atoms. The standard InChI is InChI=1S/C13H15ClN2O4/c14-10-5-4-9(8-11(10)16(19)20)12(13(17)18)15-6-2-1-3-7-15/h4-5,8,12H,1-3,6-7H2,(H,17,18). The van der Waals surface area contributed by atoms with E-state index in [1.165, 1.54) is 12.1 Å². The highest BCUT2D eigenvalue weighted by atomic mass is 35.5. The Hall–Kier alpha value is -1.66. The van der Waals surface area contributed by atoms with Crippen molar-refractivity contribution in [2.24, 2.45) is 0 Å². The third kappa shape index (κ3) is 3.08. The van der Waals surface area contributed by atoms with Crippen LogP contribution in [0.3, 0.4) is 0 Å². The van der Waals surface area contributed by atoms with Gasteiger partial charge in [0.1, 0.15) is 11.1 Å². The summed E-state index contributed by atoms with van der Waals surface area (Å²) in [5, 5.41) is 20.4. The van der Waals surface area contributed by atoms with Crippen molar-refractivity contribution >= 4 is 23.3 Å². The van der Waals surface area contributed by atoms with Crippen LogP contribution >= 0.6 is 11.6 Å². The number of aliphatic carboxylic acids is 1. The lowest BCUT2D eigenvalue weighted by atomic mass is 10.0. The van der Waals surface area contributed by atoms with Crippen molar-refractivity contribution < 1.29 is 14.8 Å². The molecule has 0 aromatic heterocycles. The first kappa shape index (κ1) is 14.7. The quantitative estimate of drug-likeness (QED) is 0.682. The highest BCUT2D eigenvalue weighted by molar-refractivity contribution is 6.32. The highest BCUT2D eigenvalue weighted by Gasteiger charge is 2.30. The zero-order valence-corrected chi connectivity index (χ0v) is 11.5. The van der Waals surface area contributed by atoms with Gasteiger partial charge in [-0.25, -0.2) is 0 Å². The van der Waals surface area contributed by atoms with Gasteiger partial charge in [0.15, 0.2) is 0 Å². The average Bonchev–Trinajstić information content (AvgIpc) is 2.41. The molecule has 7 heteroatoms. The first-order valence-electron chi connectivity index (χ1n) is 6.41. The van der Waals surface area contributed by atoms with E-state index in [1.54, 1.807) is 6.07 Å². The molecule has 1 saturated heterocycles. The molecule has 1 aromatic rings. The number of benzene rings is 1. The molecule has 0 saturated carbocycles. The summed E-state index contributed by atoms with van der Waals surface area (Å²) >= 11 is 5.76. The maximum absolute atomic E-state index is 11.5. The number of piperidine rings is 1. The van der Waals surface area contributed by atoms with Gasteiger partial charge in [0.25, 0.3) is 5.69 Å². The van der Waals surface area contributed by atoms with Crippen LogP contribution < -0.4 is 0 Å². The molecule has 1 aliphatic heterocycles. The van der Waals surface area contributed by atoms with Crippen LogP contribution in [-0.2, 0) is 4.79 Å². The highest BCUT2D eigenvalue weighted by Crippen LogP contribution is 2.31. The number of carboxylic acid groups (broad SMARTS) is 1. The largest absolute Gasteiger partial charge is 0.480 e. The molecular weight excluding hydrogens is 284 g/mol. The van der Waals surface area contributed by atoms with Crippen molar-refractivity contribution in [1.82, 2.24) is 4.90 Å². The number of nitro benzene ring substituents is 1. The van der Waals surface area contributed by atoms with E-state index in [0.29, 0.717) is 18.7 Å². The molecule has 1 fully saturated rings. The molecule has 1 N–H and O–H groups in total. The first-order valence-corrected chi connectivity index (χ1v) is 6.79. The number of carbonyl (C=O) groups is 1. The Kier molecular flexibility index (Phi) is 4.57. The van der Waals surface area contributed by atoms with Crippen LogP contribution in [0, 0.1) is 10.1 Å². The molecule has 0 bridgehead atoms. The van der Waals surface area contributed by atoms with Crippen molar-refractivity contribution in [2.45, 2.75) is 25.3 Å². The topological polar surface area (TPSA) is 83.7 Å². The maximum atomic E-state index is 11.5. The van der Waals surface area contributed by atoms with Crippen LogP contribution in [0.2, 0.25) is 5.02 Å². The molecule has 0 aliphatic carbocycles. The Labute approximate surface area is 121 Å². The fourth-order valence-corrected chi connectivity index (χ4v) is 2.71. The summed E-state index contributed by atoms with van der Waals surface area (Å²) in [6.07, 6.45) is 2.97. The summed E-state index contributed by atoms with van der Waals surface area (Å²) in [6, 6.07) is 3.33. The van der Waals surface area contributed by atoms with E-state index in [0.717, 1.165) is 19.3 Å². The molecule has 2 rings (SSSR count). The first-order chi connectivity index (χ1) is 9.50. The molecule has 1 aromatic carbocycles. The molecule has 6 nitrogen and oxygen atoms in total. The minimum absolute atomic E-state index is 0.0153. The van der Waals surface area contributed by atoms with Gasteiger partial charge in [-0.3, -0.25) is 19.8 Å². The molecule has 0 radical (unpaired) electrons. The summed E-state index contributed by atoms with van der Waals surface area (Å²) < 4.78 is 0. The predicted octanol–water partition coefficient (Wildman–Crippen LogP) is 2.86. The second-order valence-electron chi connectivity index (χ2n) is 4.81. The number of hydrogen-bond acceptors (Lipinski definition) is 4. The third-order valence-electron chi connectivity index (χ3n) is 3.47. The van der Waals surface area contributed by atoms with Gasteiger partial charge in [0.2, 0.25) is 0 Å². The number of halogens is 1. The van der Waals surface area contributed by atoms with E-state index in [9.17, 15) is 20.0 Å². The van der Waals surface area contributed by atoms with Crippen molar-refractivity contribution in [3.05, 3.63) is 38.9 Å². The van der Waals surface area contributed by atoms with Gasteiger partial charge in [0, 0.05) is 6.07 Å². The van der Waals surface area contributed by atoms with Gasteiger partial charge >= 0.3 is 5.97 Å². The number of hydrogen-bond donors (Lipinski definition) is 1. The molecule has 20 heavy (non-hydrogen) atoms. The number of carboxylic acids is 1. The summed E-state index contributed by atoms with van der Waals surface area (Å²) in [6.45, 7) is 1.38. The maximum Gasteiger partial charge on any atom is 0.325 e. The average molecular weight is 299 g/mol. The Bertz CT molecular complexity index is 529. The van der Waals surface area contributed by atoms with Crippen molar-refractivity contribution in [2.75, 3.05) is 13.1 Å². The van der Waals surface area contributed by atoms with Gasteiger partial charge in [0.05, 0.1) is 4.92 Å². The number of likely N-dealkylation sites (tertiary alicyclic amines) is 1.